The van der Waals surface area contributed by atoms with Crippen LogP contribution in [-0.4, -0.2) is 30.0 Å². The first-order chi connectivity index (χ1) is 11.2. The minimum atomic E-state index is 0.202. The van der Waals surface area contributed by atoms with Gasteiger partial charge >= 0.3 is 0 Å². The normalized spacial score (nSPS) is 19.0. The van der Waals surface area contributed by atoms with Crippen molar-refractivity contribution in [2.75, 3.05) is 18.0 Å². The van der Waals surface area contributed by atoms with Crippen LogP contribution in [0.4, 0.5) is 5.82 Å². The van der Waals surface area contributed by atoms with Gasteiger partial charge in [-0.15, -0.1) is 0 Å². The highest BCUT2D eigenvalue weighted by Gasteiger charge is 2.25. The van der Waals surface area contributed by atoms with Gasteiger partial charge in [0.15, 0.2) is 0 Å². The molecule has 1 amide bonds. The summed E-state index contributed by atoms with van der Waals surface area (Å²) >= 11 is 3.35. The minimum absolute atomic E-state index is 0.202. The van der Waals surface area contributed by atoms with E-state index in [2.05, 4.69) is 37.2 Å². The SMILES string of the molecule is N#Cc1cc(Br)cnc1N1CCC(CC(=O)NC2CCC2)CC1. The van der Waals surface area contributed by atoms with Crippen molar-refractivity contribution in [3.63, 3.8) is 0 Å². The number of rotatable bonds is 4. The number of nitriles is 1. The number of hydrogen-bond donors (Lipinski definition) is 1. The van der Waals surface area contributed by atoms with E-state index in [0.717, 1.165) is 49.1 Å². The van der Waals surface area contributed by atoms with Crippen molar-refractivity contribution in [2.24, 2.45) is 5.92 Å². The molecule has 122 valence electrons. The van der Waals surface area contributed by atoms with Gasteiger partial charge in [0, 0.05) is 36.2 Å². The number of carbonyl (C=O) groups excluding carboxylic acids is 1. The Bertz CT molecular complexity index is 616. The highest BCUT2D eigenvalue weighted by Crippen LogP contribution is 2.27. The summed E-state index contributed by atoms with van der Waals surface area (Å²) in [7, 11) is 0. The third-order valence-electron chi connectivity index (χ3n) is 4.81. The maximum absolute atomic E-state index is 12.0. The zero-order valence-electron chi connectivity index (χ0n) is 13.1. The number of nitrogens with zero attached hydrogens (tertiary/aromatic N) is 3. The van der Waals surface area contributed by atoms with Gasteiger partial charge in [0.05, 0.1) is 5.56 Å². The van der Waals surface area contributed by atoms with Crippen molar-refractivity contribution in [1.82, 2.24) is 10.3 Å². The highest BCUT2D eigenvalue weighted by atomic mass is 79.9. The molecule has 2 fully saturated rings. The van der Waals surface area contributed by atoms with Crippen molar-refractivity contribution in [2.45, 2.75) is 44.6 Å². The van der Waals surface area contributed by atoms with Gasteiger partial charge in [-0.25, -0.2) is 4.98 Å². The van der Waals surface area contributed by atoms with E-state index in [-0.39, 0.29) is 5.91 Å². The Morgan fingerprint density at radius 1 is 1.39 bits per heavy atom. The Morgan fingerprint density at radius 2 is 2.13 bits per heavy atom. The first kappa shape index (κ1) is 16.3. The Labute approximate surface area is 145 Å². The number of halogens is 1. The molecule has 1 saturated heterocycles. The van der Waals surface area contributed by atoms with E-state index >= 15 is 0 Å². The lowest BCUT2D eigenvalue weighted by molar-refractivity contribution is -0.123. The summed E-state index contributed by atoms with van der Waals surface area (Å²) in [6.45, 7) is 1.70. The molecule has 23 heavy (non-hydrogen) atoms. The number of aromatic nitrogens is 1. The van der Waals surface area contributed by atoms with E-state index in [9.17, 15) is 10.1 Å². The molecule has 1 aromatic rings. The summed E-state index contributed by atoms with van der Waals surface area (Å²) < 4.78 is 0.820. The third-order valence-corrected chi connectivity index (χ3v) is 5.25. The van der Waals surface area contributed by atoms with Crippen LogP contribution in [0.3, 0.4) is 0 Å². The highest BCUT2D eigenvalue weighted by molar-refractivity contribution is 9.10. The van der Waals surface area contributed by atoms with Crippen LogP contribution in [0.5, 0.6) is 0 Å². The van der Waals surface area contributed by atoms with E-state index < -0.39 is 0 Å². The summed E-state index contributed by atoms with van der Waals surface area (Å²) in [5.74, 6) is 1.40. The third kappa shape index (κ3) is 4.03. The molecule has 0 unspecified atom stereocenters. The molecule has 3 rings (SSSR count). The van der Waals surface area contributed by atoms with Gasteiger partial charge in [-0.05, 0) is 60.0 Å². The Hall–Kier alpha value is -1.61. The largest absolute Gasteiger partial charge is 0.356 e. The molecule has 1 aliphatic carbocycles. The van der Waals surface area contributed by atoms with Crippen LogP contribution in [0.2, 0.25) is 0 Å². The predicted molar refractivity (Wildman–Crippen MR) is 92.0 cm³/mol. The van der Waals surface area contributed by atoms with Gasteiger partial charge in [-0.3, -0.25) is 4.79 Å². The van der Waals surface area contributed by atoms with Crippen LogP contribution in [0.15, 0.2) is 16.7 Å². The summed E-state index contributed by atoms with van der Waals surface area (Å²) in [6.07, 6.45) is 7.82. The molecule has 1 aliphatic heterocycles. The maximum atomic E-state index is 12.0. The van der Waals surface area contributed by atoms with Gasteiger partial charge < -0.3 is 10.2 Å². The lowest BCUT2D eigenvalue weighted by atomic mass is 9.90. The molecule has 0 bridgehead atoms. The zero-order valence-corrected chi connectivity index (χ0v) is 14.7. The molecule has 1 aromatic heterocycles. The van der Waals surface area contributed by atoms with Crippen molar-refractivity contribution >= 4 is 27.7 Å². The number of anilines is 1. The Morgan fingerprint density at radius 3 is 2.74 bits per heavy atom. The smallest absolute Gasteiger partial charge is 0.220 e. The first-order valence-corrected chi connectivity index (χ1v) is 9.05. The van der Waals surface area contributed by atoms with Crippen molar-refractivity contribution in [3.05, 3.63) is 22.3 Å². The van der Waals surface area contributed by atoms with Crippen LogP contribution >= 0.6 is 15.9 Å². The average molecular weight is 377 g/mol. The molecule has 6 heteroatoms. The first-order valence-electron chi connectivity index (χ1n) is 8.25. The predicted octanol–water partition coefficient (Wildman–Crippen LogP) is 2.99. The Balaban J connectivity index is 1.52. The Kier molecular flexibility index (Phi) is 5.16. The molecular weight excluding hydrogens is 356 g/mol. The van der Waals surface area contributed by atoms with Crippen LogP contribution in [-0.2, 0) is 4.79 Å². The van der Waals surface area contributed by atoms with Crippen LogP contribution < -0.4 is 10.2 Å². The molecule has 1 saturated carbocycles. The minimum Gasteiger partial charge on any atom is -0.356 e. The van der Waals surface area contributed by atoms with E-state index in [1.54, 1.807) is 12.3 Å². The summed E-state index contributed by atoms with van der Waals surface area (Å²) in [6, 6.07) is 4.44. The van der Waals surface area contributed by atoms with Gasteiger partial charge in [0.1, 0.15) is 11.9 Å². The monoisotopic (exact) mass is 376 g/mol. The molecule has 5 nitrogen and oxygen atoms in total. The standard InChI is InChI=1S/C17H21BrN4O/c18-14-9-13(10-19)17(20-11-14)22-6-4-12(5-7-22)8-16(23)21-15-2-1-3-15/h9,11-12,15H,1-8H2,(H,21,23). The van der Waals surface area contributed by atoms with Crippen molar-refractivity contribution in [3.8, 4) is 6.07 Å². The lowest BCUT2D eigenvalue weighted by Crippen LogP contribution is -2.41. The maximum Gasteiger partial charge on any atom is 0.220 e. The van der Waals surface area contributed by atoms with E-state index in [4.69, 9.17) is 0 Å². The fourth-order valence-electron chi connectivity index (χ4n) is 3.22. The van der Waals surface area contributed by atoms with Gasteiger partial charge in [0.25, 0.3) is 0 Å². The van der Waals surface area contributed by atoms with E-state index in [1.807, 2.05) is 0 Å². The number of amides is 1. The summed E-state index contributed by atoms with van der Waals surface area (Å²) in [4.78, 5) is 18.6. The van der Waals surface area contributed by atoms with Crippen molar-refractivity contribution < 1.29 is 4.79 Å². The van der Waals surface area contributed by atoms with Crippen LogP contribution in [0.25, 0.3) is 0 Å². The number of pyridine rings is 1. The average Bonchev–Trinajstić information content (AvgIpc) is 2.52. The fraction of sp³-hybridized carbons (Fsp3) is 0.588. The number of hydrogen-bond acceptors (Lipinski definition) is 4. The van der Waals surface area contributed by atoms with E-state index in [0.29, 0.717) is 23.9 Å². The molecule has 1 N–H and O–H groups in total. The second-order valence-electron chi connectivity index (χ2n) is 6.47. The van der Waals surface area contributed by atoms with Gasteiger partial charge in [-0.2, -0.15) is 5.26 Å². The van der Waals surface area contributed by atoms with Gasteiger partial charge in [-0.1, -0.05) is 0 Å². The van der Waals surface area contributed by atoms with E-state index in [1.165, 1.54) is 6.42 Å². The summed E-state index contributed by atoms with van der Waals surface area (Å²) in [5.41, 5.74) is 0.598. The topological polar surface area (TPSA) is 69.0 Å². The molecule has 2 aliphatic rings. The lowest BCUT2D eigenvalue weighted by Gasteiger charge is -2.33. The van der Waals surface area contributed by atoms with Gasteiger partial charge in [0.2, 0.25) is 5.91 Å². The number of carbonyl (C=O) groups is 1. The number of piperidine rings is 1. The molecule has 0 radical (unpaired) electrons. The van der Waals surface area contributed by atoms with Crippen molar-refractivity contribution in [1.29, 1.82) is 5.26 Å². The van der Waals surface area contributed by atoms with Crippen LogP contribution in [0, 0.1) is 17.2 Å². The second kappa shape index (κ2) is 7.31. The molecule has 0 atom stereocenters. The fourth-order valence-corrected chi connectivity index (χ4v) is 3.55. The molecular formula is C17H21BrN4O. The molecule has 2 heterocycles. The number of nitrogens with one attached hydrogen (secondary N) is 1. The molecule has 0 aromatic carbocycles. The zero-order chi connectivity index (χ0) is 16.2. The second-order valence-corrected chi connectivity index (χ2v) is 7.38. The quantitative estimate of drug-likeness (QED) is 0.876. The van der Waals surface area contributed by atoms with Crippen LogP contribution in [0.1, 0.15) is 44.1 Å². The molecule has 0 spiro atoms. The summed E-state index contributed by atoms with van der Waals surface area (Å²) in [5, 5.41) is 12.4.